The Bertz CT molecular complexity index is 1350. The molecule has 1 heterocycles. The van der Waals surface area contributed by atoms with Crippen LogP contribution in [0, 0.1) is 0 Å². The number of halogens is 4. The third kappa shape index (κ3) is 6.16. The van der Waals surface area contributed by atoms with Crippen molar-refractivity contribution in [2.45, 2.75) is 13.5 Å². The molecule has 35 heavy (non-hydrogen) atoms. The molecule has 3 aromatic rings. The summed E-state index contributed by atoms with van der Waals surface area (Å²) in [6, 6.07) is 16.1. The second kappa shape index (κ2) is 11.5. The molecule has 0 N–H and O–H groups in total. The highest BCUT2D eigenvalue weighted by Gasteiger charge is 2.33. The van der Waals surface area contributed by atoms with Crippen LogP contribution in [0.5, 0.6) is 11.5 Å². The van der Waals surface area contributed by atoms with E-state index in [9.17, 15) is 4.79 Å². The number of benzene rings is 3. The molecule has 0 aliphatic carbocycles. The molecule has 1 aliphatic heterocycles. The molecule has 1 fully saturated rings. The number of carbonyl (C=O) groups excluding carboxylic acids is 1. The van der Waals surface area contributed by atoms with E-state index in [0.717, 1.165) is 15.6 Å². The van der Waals surface area contributed by atoms with E-state index >= 15 is 0 Å². The first-order valence-electron chi connectivity index (χ1n) is 10.3. The van der Waals surface area contributed by atoms with Crippen molar-refractivity contribution < 1.29 is 14.3 Å². The van der Waals surface area contributed by atoms with E-state index < -0.39 is 0 Å². The first-order chi connectivity index (χ1) is 16.8. The Hall–Kier alpha value is -1.74. The van der Waals surface area contributed by atoms with E-state index in [4.69, 9.17) is 56.5 Å². The van der Waals surface area contributed by atoms with Gasteiger partial charge in [-0.25, -0.2) is 0 Å². The molecule has 10 heteroatoms. The molecule has 1 saturated heterocycles. The zero-order valence-corrected chi connectivity index (χ0v) is 23.7. The molecule has 4 nitrogen and oxygen atoms in total. The molecule has 4 rings (SSSR count). The van der Waals surface area contributed by atoms with Gasteiger partial charge >= 0.3 is 0 Å². The molecule has 0 radical (unpaired) electrons. The molecule has 1 amide bonds. The number of hydrogen-bond donors (Lipinski definition) is 0. The Morgan fingerprint density at radius 2 is 1.77 bits per heavy atom. The number of thioether (sulfide) groups is 1. The van der Waals surface area contributed by atoms with E-state index in [1.54, 1.807) is 36.4 Å². The van der Waals surface area contributed by atoms with Gasteiger partial charge in [0.1, 0.15) is 6.61 Å². The zero-order valence-electron chi connectivity index (χ0n) is 18.2. The van der Waals surface area contributed by atoms with Crippen LogP contribution >= 0.6 is 74.7 Å². The molecule has 0 bridgehead atoms. The highest BCUT2D eigenvalue weighted by atomic mass is 79.9. The average molecular weight is 630 g/mol. The molecule has 0 unspecified atom stereocenters. The summed E-state index contributed by atoms with van der Waals surface area (Å²) in [5, 5.41) is 1.46. The third-order valence-corrected chi connectivity index (χ3v) is 8.17. The van der Waals surface area contributed by atoms with E-state index in [1.165, 1.54) is 16.7 Å². The number of nitrogens with zero attached hydrogens (tertiary/aromatic N) is 1. The average Bonchev–Trinajstić information content (AvgIpc) is 3.10. The quantitative estimate of drug-likeness (QED) is 0.193. The summed E-state index contributed by atoms with van der Waals surface area (Å²) >= 11 is 28.3. The monoisotopic (exact) mass is 627 g/mol. The number of carbonyl (C=O) groups is 1. The Balaban J connectivity index is 1.55. The smallest absolute Gasteiger partial charge is 0.270 e. The maximum Gasteiger partial charge on any atom is 0.270 e. The fraction of sp³-hybridized carbons (Fsp3) is 0.120. The SMILES string of the molecule is CCOc1cc(/C=C2/SC(=S)N(c3ccc(Br)c(Cl)c3)C2=O)ccc1OCc1ccc(Cl)c(Cl)c1. The highest BCUT2D eigenvalue weighted by molar-refractivity contribution is 9.10. The maximum atomic E-state index is 13.1. The van der Waals surface area contributed by atoms with Crippen LogP contribution in [0.3, 0.4) is 0 Å². The van der Waals surface area contributed by atoms with Crippen molar-refractivity contribution in [3.63, 3.8) is 0 Å². The van der Waals surface area contributed by atoms with Gasteiger partial charge < -0.3 is 9.47 Å². The van der Waals surface area contributed by atoms with Gasteiger partial charge in [-0.15, -0.1) is 0 Å². The van der Waals surface area contributed by atoms with Gasteiger partial charge in [-0.05, 0) is 82.5 Å². The molecule has 3 aromatic carbocycles. The summed E-state index contributed by atoms with van der Waals surface area (Å²) in [6.45, 7) is 2.65. The van der Waals surface area contributed by atoms with Gasteiger partial charge in [-0.2, -0.15) is 0 Å². The molecule has 0 spiro atoms. The van der Waals surface area contributed by atoms with Gasteiger partial charge in [0, 0.05) is 4.47 Å². The van der Waals surface area contributed by atoms with Crippen LogP contribution in [0.2, 0.25) is 15.1 Å². The van der Waals surface area contributed by atoms with Crippen molar-refractivity contribution in [1.29, 1.82) is 0 Å². The third-order valence-electron chi connectivity index (χ3n) is 4.90. The van der Waals surface area contributed by atoms with Crippen LogP contribution in [0.15, 0.2) is 64.0 Å². The predicted molar refractivity (Wildman–Crippen MR) is 153 cm³/mol. The lowest BCUT2D eigenvalue weighted by molar-refractivity contribution is -0.113. The summed E-state index contributed by atoms with van der Waals surface area (Å²) in [6.07, 6.45) is 1.78. The molecule has 1 aliphatic rings. The maximum absolute atomic E-state index is 13.1. The number of hydrogen-bond acceptors (Lipinski definition) is 5. The second-order valence-corrected chi connectivity index (χ2v) is 11.0. The summed E-state index contributed by atoms with van der Waals surface area (Å²) in [7, 11) is 0. The van der Waals surface area contributed by atoms with Crippen molar-refractivity contribution in [1.82, 2.24) is 0 Å². The number of amides is 1. The Morgan fingerprint density at radius 1 is 0.971 bits per heavy atom. The van der Waals surface area contributed by atoms with Crippen molar-refractivity contribution in [3.05, 3.63) is 90.2 Å². The van der Waals surface area contributed by atoms with Gasteiger partial charge in [0.25, 0.3) is 5.91 Å². The summed E-state index contributed by atoms with van der Waals surface area (Å²) in [5.74, 6) is 0.930. The summed E-state index contributed by atoms with van der Waals surface area (Å²) in [5.41, 5.74) is 2.28. The minimum Gasteiger partial charge on any atom is -0.490 e. The van der Waals surface area contributed by atoms with Gasteiger partial charge in [0.05, 0.1) is 32.3 Å². The lowest BCUT2D eigenvalue weighted by atomic mass is 10.1. The topological polar surface area (TPSA) is 38.8 Å². The molecule has 180 valence electrons. The fourth-order valence-corrected chi connectivity index (χ4v) is 5.30. The Kier molecular flexibility index (Phi) is 8.68. The first kappa shape index (κ1) is 26.3. The van der Waals surface area contributed by atoms with Crippen LogP contribution in [0.25, 0.3) is 6.08 Å². The molecular weight excluding hydrogens is 613 g/mol. The summed E-state index contributed by atoms with van der Waals surface area (Å²) < 4.78 is 12.9. The van der Waals surface area contributed by atoms with E-state index in [0.29, 0.717) is 54.7 Å². The number of rotatable bonds is 7. The van der Waals surface area contributed by atoms with Gasteiger partial charge in [-0.1, -0.05) is 70.9 Å². The Labute approximate surface area is 236 Å². The lowest BCUT2D eigenvalue weighted by Crippen LogP contribution is -2.27. The lowest BCUT2D eigenvalue weighted by Gasteiger charge is -2.15. The number of anilines is 1. The molecular formula is C25H17BrCl3NO3S2. The van der Waals surface area contributed by atoms with E-state index in [1.807, 2.05) is 31.2 Å². The normalized spacial score (nSPS) is 14.7. The minimum absolute atomic E-state index is 0.212. The molecule has 0 aromatic heterocycles. The second-order valence-electron chi connectivity index (χ2n) is 7.29. The van der Waals surface area contributed by atoms with Crippen LogP contribution in [0.1, 0.15) is 18.1 Å². The van der Waals surface area contributed by atoms with Crippen LogP contribution in [-0.4, -0.2) is 16.8 Å². The van der Waals surface area contributed by atoms with Crippen LogP contribution in [-0.2, 0) is 11.4 Å². The zero-order chi connectivity index (χ0) is 25.1. The van der Waals surface area contributed by atoms with Gasteiger partial charge in [0.2, 0.25) is 0 Å². The van der Waals surface area contributed by atoms with Crippen molar-refractivity contribution in [2.24, 2.45) is 0 Å². The van der Waals surface area contributed by atoms with E-state index in [-0.39, 0.29) is 5.91 Å². The largest absolute Gasteiger partial charge is 0.490 e. The first-order valence-corrected chi connectivity index (χ1v) is 13.5. The fourth-order valence-electron chi connectivity index (χ4n) is 3.26. The van der Waals surface area contributed by atoms with Crippen LogP contribution < -0.4 is 14.4 Å². The van der Waals surface area contributed by atoms with Gasteiger partial charge in [0.15, 0.2) is 15.8 Å². The standard InChI is InChI=1S/C25H17BrCl3NO3S2/c1-2-32-22-10-14(4-8-21(22)33-13-15-3-7-18(27)20(29)9-15)11-23-24(31)30(25(34)35-23)16-5-6-17(26)19(28)12-16/h3-12H,2,13H2,1H3/b23-11+. The summed E-state index contributed by atoms with van der Waals surface area (Å²) in [4.78, 5) is 15.1. The highest BCUT2D eigenvalue weighted by Crippen LogP contribution is 2.39. The molecule has 0 saturated carbocycles. The predicted octanol–water partition coefficient (Wildman–Crippen LogP) is 8.79. The Morgan fingerprint density at radius 3 is 2.49 bits per heavy atom. The number of ether oxygens (including phenoxy) is 2. The van der Waals surface area contributed by atoms with Crippen LogP contribution in [0.4, 0.5) is 5.69 Å². The molecule has 0 atom stereocenters. The van der Waals surface area contributed by atoms with Crippen molar-refractivity contribution in [2.75, 3.05) is 11.5 Å². The van der Waals surface area contributed by atoms with E-state index in [2.05, 4.69) is 15.9 Å². The number of thiocarbonyl (C=S) groups is 1. The van der Waals surface area contributed by atoms with Gasteiger partial charge in [-0.3, -0.25) is 9.69 Å². The van der Waals surface area contributed by atoms with Crippen molar-refractivity contribution >= 4 is 96.7 Å². The minimum atomic E-state index is -0.212. The van der Waals surface area contributed by atoms with Crippen molar-refractivity contribution in [3.8, 4) is 11.5 Å².